The van der Waals surface area contributed by atoms with Crippen molar-refractivity contribution in [2.45, 2.75) is 39.3 Å². The topological polar surface area (TPSA) is 80.5 Å². The molecule has 2 aromatic carbocycles. The summed E-state index contributed by atoms with van der Waals surface area (Å²) >= 11 is 6.21. The molecule has 2 heterocycles. The van der Waals surface area contributed by atoms with Crippen LogP contribution in [0.2, 0.25) is 5.02 Å². The van der Waals surface area contributed by atoms with Crippen molar-refractivity contribution in [2.75, 3.05) is 18.4 Å². The van der Waals surface area contributed by atoms with Crippen LogP contribution in [0.5, 0.6) is 5.75 Å². The van der Waals surface area contributed by atoms with Crippen LogP contribution in [0.25, 0.3) is 11.4 Å². The van der Waals surface area contributed by atoms with Crippen LogP contribution in [0.4, 0.5) is 5.69 Å². The third-order valence-corrected chi connectivity index (χ3v) is 5.72. The summed E-state index contributed by atoms with van der Waals surface area (Å²) in [6.07, 6.45) is 1.69. The number of nitrogens with zero attached hydrogens (tertiary/aromatic N) is 3. The lowest BCUT2D eigenvalue weighted by molar-refractivity contribution is -0.121. The quantitative estimate of drug-likeness (QED) is 0.539. The third kappa shape index (κ3) is 5.66. The average molecular weight is 455 g/mol. The molecule has 1 N–H and O–H groups in total. The molecule has 0 spiro atoms. The van der Waals surface area contributed by atoms with Crippen molar-refractivity contribution in [1.82, 2.24) is 15.0 Å². The van der Waals surface area contributed by atoms with Crippen LogP contribution in [-0.2, 0) is 11.3 Å². The summed E-state index contributed by atoms with van der Waals surface area (Å²) in [7, 11) is 0. The number of carbonyl (C=O) groups excluding carboxylic acids is 1. The number of carbonyl (C=O) groups is 1. The van der Waals surface area contributed by atoms with E-state index in [1.807, 2.05) is 56.3 Å². The number of ether oxygens (including phenoxy) is 1. The molecule has 1 saturated heterocycles. The van der Waals surface area contributed by atoms with Gasteiger partial charge in [-0.2, -0.15) is 4.98 Å². The Morgan fingerprint density at radius 2 is 1.91 bits per heavy atom. The van der Waals surface area contributed by atoms with Gasteiger partial charge in [0.05, 0.1) is 17.7 Å². The van der Waals surface area contributed by atoms with Gasteiger partial charge in [-0.05, 0) is 76.2 Å². The standard InChI is InChI=1S/C24H27ClN4O3/c1-16(2)31-19-9-7-18(8-10-19)26-24(30)17-11-13-29(14-12-17)15-22-27-23(28-32-22)20-5-3-4-6-21(20)25/h3-10,16-17H,11-15H2,1-2H3,(H,26,30). The van der Waals surface area contributed by atoms with Gasteiger partial charge in [-0.1, -0.05) is 28.9 Å². The van der Waals surface area contributed by atoms with Crippen molar-refractivity contribution in [3.05, 3.63) is 59.4 Å². The fraction of sp³-hybridized carbons (Fsp3) is 0.375. The molecule has 0 unspecified atom stereocenters. The lowest BCUT2D eigenvalue weighted by Gasteiger charge is -2.30. The highest BCUT2D eigenvalue weighted by molar-refractivity contribution is 6.33. The second-order valence-electron chi connectivity index (χ2n) is 8.22. The molecule has 8 heteroatoms. The van der Waals surface area contributed by atoms with E-state index in [0.717, 1.165) is 42.9 Å². The highest BCUT2D eigenvalue weighted by atomic mass is 35.5. The van der Waals surface area contributed by atoms with E-state index in [9.17, 15) is 4.79 Å². The second kappa shape index (κ2) is 10.1. The summed E-state index contributed by atoms with van der Waals surface area (Å²) in [6, 6.07) is 14.9. The Bertz CT molecular complexity index is 1040. The van der Waals surface area contributed by atoms with Gasteiger partial charge >= 0.3 is 0 Å². The van der Waals surface area contributed by atoms with Crippen molar-refractivity contribution < 1.29 is 14.1 Å². The molecular weight excluding hydrogens is 428 g/mol. The Hall–Kier alpha value is -2.90. The number of piperidine rings is 1. The minimum atomic E-state index is -0.0146. The van der Waals surface area contributed by atoms with E-state index in [4.69, 9.17) is 20.9 Å². The minimum Gasteiger partial charge on any atom is -0.491 e. The van der Waals surface area contributed by atoms with Crippen molar-refractivity contribution in [2.24, 2.45) is 5.92 Å². The first kappa shape index (κ1) is 22.3. The fourth-order valence-corrected chi connectivity index (χ4v) is 3.97. The molecular formula is C24H27ClN4O3. The number of nitrogens with one attached hydrogen (secondary N) is 1. The zero-order chi connectivity index (χ0) is 22.5. The number of amides is 1. The molecule has 0 aliphatic carbocycles. The number of hydrogen-bond donors (Lipinski definition) is 1. The van der Waals surface area contributed by atoms with Crippen molar-refractivity contribution in [3.8, 4) is 17.1 Å². The van der Waals surface area contributed by atoms with E-state index >= 15 is 0 Å². The van der Waals surface area contributed by atoms with E-state index in [0.29, 0.717) is 23.3 Å². The zero-order valence-electron chi connectivity index (χ0n) is 18.3. The lowest BCUT2D eigenvalue weighted by atomic mass is 9.96. The van der Waals surface area contributed by atoms with E-state index < -0.39 is 0 Å². The summed E-state index contributed by atoms with van der Waals surface area (Å²) in [5.41, 5.74) is 1.54. The zero-order valence-corrected chi connectivity index (χ0v) is 19.0. The van der Waals surface area contributed by atoms with Crippen LogP contribution < -0.4 is 10.1 Å². The van der Waals surface area contributed by atoms with Crippen LogP contribution in [-0.4, -0.2) is 40.1 Å². The average Bonchev–Trinajstić information content (AvgIpc) is 3.24. The Balaban J connectivity index is 1.26. The molecule has 1 aliphatic rings. The van der Waals surface area contributed by atoms with E-state index in [1.54, 1.807) is 6.07 Å². The highest BCUT2D eigenvalue weighted by Gasteiger charge is 2.26. The Labute approximate surface area is 192 Å². The predicted molar refractivity (Wildman–Crippen MR) is 124 cm³/mol. The Morgan fingerprint density at radius 3 is 2.59 bits per heavy atom. The SMILES string of the molecule is CC(C)Oc1ccc(NC(=O)C2CCN(Cc3nc(-c4ccccc4Cl)no3)CC2)cc1. The number of aromatic nitrogens is 2. The first-order valence-corrected chi connectivity index (χ1v) is 11.2. The van der Waals surface area contributed by atoms with Gasteiger partial charge in [0.15, 0.2) is 0 Å². The largest absolute Gasteiger partial charge is 0.491 e. The van der Waals surface area contributed by atoms with Gasteiger partial charge in [0, 0.05) is 17.2 Å². The highest BCUT2D eigenvalue weighted by Crippen LogP contribution is 2.26. The molecule has 1 fully saturated rings. The summed E-state index contributed by atoms with van der Waals surface area (Å²) in [4.78, 5) is 19.4. The smallest absolute Gasteiger partial charge is 0.241 e. The van der Waals surface area contributed by atoms with Gasteiger partial charge in [0.25, 0.3) is 0 Å². The Kier molecular flexibility index (Phi) is 7.07. The van der Waals surface area contributed by atoms with Gasteiger partial charge in [-0.3, -0.25) is 9.69 Å². The predicted octanol–water partition coefficient (Wildman–Crippen LogP) is 5.03. The number of anilines is 1. The van der Waals surface area contributed by atoms with Gasteiger partial charge in [-0.25, -0.2) is 0 Å². The van der Waals surface area contributed by atoms with Crippen molar-refractivity contribution in [1.29, 1.82) is 0 Å². The molecule has 32 heavy (non-hydrogen) atoms. The van der Waals surface area contributed by atoms with E-state index in [2.05, 4.69) is 20.4 Å². The molecule has 3 aromatic rings. The van der Waals surface area contributed by atoms with Crippen LogP contribution in [0.1, 0.15) is 32.6 Å². The van der Waals surface area contributed by atoms with Gasteiger partial charge in [-0.15, -0.1) is 0 Å². The van der Waals surface area contributed by atoms with Gasteiger partial charge in [0.2, 0.25) is 17.6 Å². The number of likely N-dealkylation sites (tertiary alicyclic amines) is 1. The molecule has 7 nitrogen and oxygen atoms in total. The molecule has 168 valence electrons. The molecule has 0 saturated carbocycles. The van der Waals surface area contributed by atoms with Crippen LogP contribution in [0, 0.1) is 5.92 Å². The molecule has 1 amide bonds. The fourth-order valence-electron chi connectivity index (χ4n) is 3.75. The number of rotatable bonds is 7. The summed E-state index contributed by atoms with van der Waals surface area (Å²) in [5.74, 6) is 1.88. The molecule has 0 radical (unpaired) electrons. The lowest BCUT2D eigenvalue weighted by Crippen LogP contribution is -2.37. The molecule has 1 aliphatic heterocycles. The first-order chi connectivity index (χ1) is 15.5. The number of benzene rings is 2. The van der Waals surface area contributed by atoms with Gasteiger partial charge < -0.3 is 14.6 Å². The first-order valence-electron chi connectivity index (χ1n) is 10.9. The third-order valence-electron chi connectivity index (χ3n) is 5.39. The molecule has 0 atom stereocenters. The van der Waals surface area contributed by atoms with Crippen LogP contribution in [0.3, 0.4) is 0 Å². The normalized spacial score (nSPS) is 15.1. The maximum atomic E-state index is 12.7. The van der Waals surface area contributed by atoms with Gasteiger partial charge in [0.1, 0.15) is 5.75 Å². The summed E-state index contributed by atoms with van der Waals surface area (Å²) < 4.78 is 11.1. The van der Waals surface area contributed by atoms with Crippen molar-refractivity contribution >= 4 is 23.2 Å². The van der Waals surface area contributed by atoms with Crippen LogP contribution >= 0.6 is 11.6 Å². The molecule has 0 bridgehead atoms. The monoisotopic (exact) mass is 454 g/mol. The van der Waals surface area contributed by atoms with Crippen molar-refractivity contribution in [3.63, 3.8) is 0 Å². The maximum Gasteiger partial charge on any atom is 0.241 e. The minimum absolute atomic E-state index is 0.0146. The summed E-state index contributed by atoms with van der Waals surface area (Å²) in [6.45, 7) is 6.12. The number of halogens is 1. The van der Waals surface area contributed by atoms with E-state index in [1.165, 1.54) is 0 Å². The summed E-state index contributed by atoms with van der Waals surface area (Å²) in [5, 5.41) is 7.66. The van der Waals surface area contributed by atoms with Crippen LogP contribution in [0.15, 0.2) is 53.1 Å². The molecule has 4 rings (SSSR count). The molecule has 1 aromatic heterocycles. The maximum absolute atomic E-state index is 12.7. The second-order valence-corrected chi connectivity index (χ2v) is 8.63. The number of hydrogen-bond acceptors (Lipinski definition) is 6. The van der Waals surface area contributed by atoms with E-state index in [-0.39, 0.29) is 17.9 Å². The Morgan fingerprint density at radius 1 is 1.19 bits per heavy atom.